The first-order chi connectivity index (χ1) is 7.55. The molecule has 0 aromatic carbocycles. The van der Waals surface area contributed by atoms with E-state index in [1.807, 2.05) is 0 Å². The summed E-state index contributed by atoms with van der Waals surface area (Å²) in [4.78, 5) is 2.62. The van der Waals surface area contributed by atoms with Gasteiger partial charge in [0.25, 0.3) is 0 Å². The average Bonchev–Trinajstić information content (AvgIpc) is 2.70. The first kappa shape index (κ1) is 12.1. The highest BCUT2D eigenvalue weighted by Crippen LogP contribution is 2.30. The van der Waals surface area contributed by atoms with Crippen LogP contribution in [0.2, 0.25) is 0 Å². The highest BCUT2D eigenvalue weighted by atomic mass is 15.1. The molecule has 1 unspecified atom stereocenters. The van der Waals surface area contributed by atoms with E-state index in [2.05, 4.69) is 37.1 Å². The molecule has 2 heteroatoms. The van der Waals surface area contributed by atoms with Crippen molar-refractivity contribution < 1.29 is 0 Å². The van der Waals surface area contributed by atoms with Crippen LogP contribution in [-0.4, -0.2) is 37.6 Å². The third-order valence-electron chi connectivity index (χ3n) is 3.94. The Morgan fingerprint density at radius 1 is 1.44 bits per heavy atom. The first-order valence-electron chi connectivity index (χ1n) is 6.68. The zero-order chi connectivity index (χ0) is 11.6. The fraction of sp³-hybridized carbons (Fsp3) is 0.857. The van der Waals surface area contributed by atoms with Crippen LogP contribution in [0.15, 0.2) is 11.6 Å². The summed E-state index contributed by atoms with van der Waals surface area (Å²) >= 11 is 0. The maximum atomic E-state index is 3.45. The van der Waals surface area contributed by atoms with Crippen LogP contribution in [0.1, 0.15) is 33.6 Å². The van der Waals surface area contributed by atoms with Crippen molar-refractivity contribution in [2.45, 2.75) is 33.6 Å². The van der Waals surface area contributed by atoms with Crippen LogP contribution in [0.4, 0.5) is 0 Å². The third kappa shape index (κ3) is 3.08. The van der Waals surface area contributed by atoms with Crippen molar-refractivity contribution in [2.24, 2.45) is 11.3 Å². The largest absolute Gasteiger partial charge is 0.316 e. The fourth-order valence-electron chi connectivity index (χ4n) is 2.79. The zero-order valence-electron chi connectivity index (χ0n) is 11.1. The van der Waals surface area contributed by atoms with Crippen LogP contribution in [0.5, 0.6) is 0 Å². The summed E-state index contributed by atoms with van der Waals surface area (Å²) in [5.74, 6) is 0.893. The molecule has 0 radical (unpaired) electrons. The molecule has 0 aromatic rings. The van der Waals surface area contributed by atoms with Crippen LogP contribution in [0, 0.1) is 11.3 Å². The van der Waals surface area contributed by atoms with Gasteiger partial charge in [-0.25, -0.2) is 0 Å². The van der Waals surface area contributed by atoms with Gasteiger partial charge < -0.3 is 5.32 Å². The Bertz CT molecular complexity index is 256. The van der Waals surface area contributed by atoms with Gasteiger partial charge in [-0.1, -0.05) is 32.4 Å². The molecule has 16 heavy (non-hydrogen) atoms. The molecule has 2 aliphatic heterocycles. The van der Waals surface area contributed by atoms with Crippen molar-refractivity contribution >= 4 is 0 Å². The number of nitrogens with one attached hydrogen (secondary N) is 1. The summed E-state index contributed by atoms with van der Waals surface area (Å²) in [6.07, 6.45) is 5.10. The summed E-state index contributed by atoms with van der Waals surface area (Å²) < 4.78 is 0. The minimum atomic E-state index is 0.376. The number of hydrogen-bond acceptors (Lipinski definition) is 2. The molecule has 1 saturated heterocycles. The first-order valence-corrected chi connectivity index (χ1v) is 6.68. The Labute approximate surface area is 100 Å². The van der Waals surface area contributed by atoms with E-state index in [4.69, 9.17) is 0 Å². The molecule has 0 saturated carbocycles. The topological polar surface area (TPSA) is 15.3 Å². The van der Waals surface area contributed by atoms with E-state index in [-0.39, 0.29) is 0 Å². The van der Waals surface area contributed by atoms with Crippen molar-refractivity contribution in [1.29, 1.82) is 0 Å². The molecule has 0 spiro atoms. The van der Waals surface area contributed by atoms with E-state index in [0.717, 1.165) is 5.92 Å². The standard InChI is InChI=1S/C14H26N2/c1-14(2,3)13-5-8-16(9-6-13)11-12-4-7-15-10-12/h5,12,15H,4,6-11H2,1-3H3. The molecule has 0 amide bonds. The van der Waals surface area contributed by atoms with Crippen molar-refractivity contribution in [3.05, 3.63) is 11.6 Å². The van der Waals surface area contributed by atoms with Crippen molar-refractivity contribution in [1.82, 2.24) is 10.2 Å². The molecular weight excluding hydrogens is 196 g/mol. The molecule has 1 N–H and O–H groups in total. The van der Waals surface area contributed by atoms with Gasteiger partial charge in [0.05, 0.1) is 0 Å². The maximum absolute atomic E-state index is 3.45. The molecular formula is C14H26N2. The molecule has 0 aliphatic carbocycles. The van der Waals surface area contributed by atoms with E-state index in [1.54, 1.807) is 5.57 Å². The molecule has 92 valence electrons. The normalized spacial score (nSPS) is 28.2. The van der Waals surface area contributed by atoms with Crippen LogP contribution >= 0.6 is 0 Å². The molecule has 1 atom stereocenters. The van der Waals surface area contributed by atoms with Gasteiger partial charge in [-0.15, -0.1) is 0 Å². The average molecular weight is 222 g/mol. The van der Waals surface area contributed by atoms with Gasteiger partial charge in [0.2, 0.25) is 0 Å². The molecule has 0 bridgehead atoms. The minimum Gasteiger partial charge on any atom is -0.316 e. The lowest BCUT2D eigenvalue weighted by Crippen LogP contribution is -2.35. The SMILES string of the molecule is CC(C)(C)C1=CCN(CC2CCNC2)CC1. The summed E-state index contributed by atoms with van der Waals surface area (Å²) in [5.41, 5.74) is 2.02. The molecule has 2 nitrogen and oxygen atoms in total. The van der Waals surface area contributed by atoms with Gasteiger partial charge in [-0.05, 0) is 37.3 Å². The van der Waals surface area contributed by atoms with E-state index < -0.39 is 0 Å². The third-order valence-corrected chi connectivity index (χ3v) is 3.94. The van der Waals surface area contributed by atoms with Crippen LogP contribution in [0.3, 0.4) is 0 Å². The summed E-state index contributed by atoms with van der Waals surface area (Å²) in [7, 11) is 0. The van der Waals surface area contributed by atoms with E-state index in [0.29, 0.717) is 5.41 Å². The molecule has 1 fully saturated rings. The lowest BCUT2D eigenvalue weighted by Gasteiger charge is -2.33. The second-order valence-corrected chi connectivity index (χ2v) is 6.35. The van der Waals surface area contributed by atoms with Gasteiger partial charge in [-0.2, -0.15) is 0 Å². The predicted molar refractivity (Wildman–Crippen MR) is 69.6 cm³/mol. The van der Waals surface area contributed by atoms with Crippen molar-refractivity contribution in [3.8, 4) is 0 Å². The van der Waals surface area contributed by atoms with Crippen LogP contribution in [-0.2, 0) is 0 Å². The Balaban J connectivity index is 1.82. The minimum absolute atomic E-state index is 0.376. The Hall–Kier alpha value is -0.340. The fourth-order valence-corrected chi connectivity index (χ4v) is 2.79. The van der Waals surface area contributed by atoms with E-state index in [1.165, 1.54) is 45.6 Å². The second-order valence-electron chi connectivity index (χ2n) is 6.35. The lowest BCUT2D eigenvalue weighted by molar-refractivity contribution is 0.243. The summed E-state index contributed by atoms with van der Waals surface area (Å²) in [6, 6.07) is 0. The van der Waals surface area contributed by atoms with Gasteiger partial charge in [0.1, 0.15) is 0 Å². The van der Waals surface area contributed by atoms with Crippen molar-refractivity contribution in [2.75, 3.05) is 32.7 Å². The van der Waals surface area contributed by atoms with Gasteiger partial charge in [-0.3, -0.25) is 4.90 Å². The zero-order valence-corrected chi connectivity index (χ0v) is 11.1. The van der Waals surface area contributed by atoms with Crippen molar-refractivity contribution in [3.63, 3.8) is 0 Å². The van der Waals surface area contributed by atoms with E-state index >= 15 is 0 Å². The Morgan fingerprint density at radius 2 is 2.25 bits per heavy atom. The highest BCUT2D eigenvalue weighted by Gasteiger charge is 2.23. The number of hydrogen-bond donors (Lipinski definition) is 1. The van der Waals surface area contributed by atoms with Gasteiger partial charge in [0.15, 0.2) is 0 Å². The molecule has 0 aromatic heterocycles. The maximum Gasteiger partial charge on any atom is 0.0166 e. The molecule has 2 rings (SSSR count). The smallest absolute Gasteiger partial charge is 0.0166 e. The molecule has 2 aliphatic rings. The van der Waals surface area contributed by atoms with Crippen LogP contribution < -0.4 is 5.32 Å². The van der Waals surface area contributed by atoms with E-state index in [9.17, 15) is 0 Å². The number of nitrogens with zero attached hydrogens (tertiary/aromatic N) is 1. The number of rotatable bonds is 2. The Morgan fingerprint density at radius 3 is 2.75 bits per heavy atom. The highest BCUT2D eigenvalue weighted by molar-refractivity contribution is 5.14. The second kappa shape index (κ2) is 4.89. The molecule has 2 heterocycles. The lowest BCUT2D eigenvalue weighted by atomic mass is 9.83. The quantitative estimate of drug-likeness (QED) is 0.721. The predicted octanol–water partition coefficient (Wildman–Crippen LogP) is 2.27. The Kier molecular flexibility index (Phi) is 3.70. The van der Waals surface area contributed by atoms with Gasteiger partial charge >= 0.3 is 0 Å². The summed E-state index contributed by atoms with van der Waals surface area (Å²) in [6.45, 7) is 13.2. The monoisotopic (exact) mass is 222 g/mol. The van der Waals surface area contributed by atoms with Gasteiger partial charge in [0, 0.05) is 19.6 Å². The summed E-state index contributed by atoms with van der Waals surface area (Å²) in [5, 5.41) is 3.45. The van der Waals surface area contributed by atoms with Crippen LogP contribution in [0.25, 0.3) is 0 Å².